The Morgan fingerprint density at radius 3 is 1.89 bits per heavy atom. The Kier molecular flexibility index (Phi) is 4.17. The van der Waals surface area contributed by atoms with Gasteiger partial charge in [-0.1, -0.05) is 37.0 Å². The largest absolute Gasteiger partial charge is 0.456 e. The van der Waals surface area contributed by atoms with Crippen molar-refractivity contribution in [3.63, 3.8) is 0 Å². The predicted molar refractivity (Wildman–Crippen MR) is 62.0 cm³/mol. The van der Waals surface area contributed by atoms with E-state index >= 15 is 0 Å². The Morgan fingerprint density at radius 2 is 1.58 bits per heavy atom. The number of hydrogen-bond acceptors (Lipinski definition) is 1. The van der Waals surface area contributed by atoms with Crippen molar-refractivity contribution in [2.75, 3.05) is 0 Å². The molecule has 0 amide bonds. The van der Waals surface area contributed by atoms with Gasteiger partial charge in [0.2, 0.25) is 0 Å². The van der Waals surface area contributed by atoms with Crippen LogP contribution in [0.15, 0.2) is 0 Å². The van der Waals surface area contributed by atoms with Crippen molar-refractivity contribution >= 4 is 40.6 Å². The van der Waals surface area contributed by atoms with Crippen LogP contribution in [0.2, 0.25) is 0 Å². The molecule has 0 aromatic carbocycles. The lowest BCUT2D eigenvalue weighted by atomic mass is 9.59. The summed E-state index contributed by atoms with van der Waals surface area (Å²) in [6.45, 7) is 2.96. The van der Waals surface area contributed by atoms with E-state index in [1.165, 1.54) is 13.8 Å². The van der Waals surface area contributed by atoms with Gasteiger partial charge in [-0.2, -0.15) is 22.0 Å². The van der Waals surface area contributed by atoms with Crippen molar-refractivity contribution in [3.8, 4) is 0 Å². The Morgan fingerprint density at radius 1 is 1.16 bits per heavy atom. The minimum Gasteiger partial charge on any atom is -0.298 e. The zero-order valence-electron chi connectivity index (χ0n) is 9.79. The molecule has 0 spiro atoms. The summed E-state index contributed by atoms with van der Waals surface area (Å²) in [6, 6.07) is 0. The lowest BCUT2D eigenvalue weighted by molar-refractivity contribution is -0.289. The minimum absolute atomic E-state index is 0.629. The van der Waals surface area contributed by atoms with Gasteiger partial charge in [-0.25, -0.2) is 0 Å². The van der Waals surface area contributed by atoms with Gasteiger partial charge in [0, 0.05) is 5.92 Å². The summed E-state index contributed by atoms with van der Waals surface area (Å²) >= 11 is 16.0. The summed E-state index contributed by atoms with van der Waals surface area (Å²) in [7, 11) is 0. The number of halogens is 8. The molecule has 1 fully saturated rings. The number of Topliss-reactive ketones (excluding diaryl/α,β-unsaturated/α-hetero) is 1. The zero-order valence-corrected chi connectivity index (χ0v) is 12.1. The fourth-order valence-electron chi connectivity index (χ4n) is 1.95. The summed E-state index contributed by atoms with van der Waals surface area (Å²) in [5, 5.41) is -0.943. The van der Waals surface area contributed by atoms with E-state index in [-0.39, 0.29) is 0 Å². The van der Waals surface area contributed by atoms with Gasteiger partial charge < -0.3 is 0 Å². The number of hydrogen-bond donors (Lipinski definition) is 0. The lowest BCUT2D eigenvalue weighted by Gasteiger charge is -2.49. The van der Waals surface area contributed by atoms with Crippen molar-refractivity contribution in [2.45, 2.75) is 42.1 Å². The van der Waals surface area contributed by atoms with Gasteiger partial charge in [0.15, 0.2) is 10.1 Å². The van der Waals surface area contributed by atoms with Crippen LogP contribution in [0.25, 0.3) is 0 Å². The van der Waals surface area contributed by atoms with Crippen molar-refractivity contribution in [3.05, 3.63) is 0 Å². The summed E-state index contributed by atoms with van der Waals surface area (Å²) < 4.78 is 59.6. The molecule has 112 valence electrons. The topological polar surface area (TPSA) is 17.1 Å². The molecule has 0 heterocycles. The van der Waals surface area contributed by atoms with E-state index < -0.39 is 45.3 Å². The maximum absolute atomic E-state index is 13.2. The van der Waals surface area contributed by atoms with Crippen molar-refractivity contribution in [1.29, 1.82) is 0 Å². The van der Waals surface area contributed by atoms with Crippen molar-refractivity contribution in [2.24, 2.45) is 11.3 Å². The highest BCUT2D eigenvalue weighted by Gasteiger charge is 2.71. The highest BCUT2D eigenvalue weighted by atomic mass is 35.5. The number of alkyl halides is 8. The van der Waals surface area contributed by atoms with Gasteiger partial charge in [-0.3, -0.25) is 4.79 Å². The highest BCUT2D eigenvalue weighted by Crippen LogP contribution is 2.57. The van der Waals surface area contributed by atoms with E-state index in [4.69, 9.17) is 34.8 Å². The smallest absolute Gasteiger partial charge is 0.298 e. The SMILES string of the molecule is CC1(C)C(Cl)C(=O)C1CC(Cl)(Cl)C(F)(F)C(F)(F)F. The average Bonchev–Trinajstić information content (AvgIpc) is 2.22. The van der Waals surface area contributed by atoms with Crippen LogP contribution in [-0.2, 0) is 4.79 Å². The van der Waals surface area contributed by atoms with E-state index in [1.54, 1.807) is 0 Å². The van der Waals surface area contributed by atoms with E-state index in [0.29, 0.717) is 0 Å². The zero-order chi connectivity index (χ0) is 15.4. The van der Waals surface area contributed by atoms with E-state index in [2.05, 4.69) is 0 Å². The molecule has 0 radical (unpaired) electrons. The molecule has 1 aliphatic carbocycles. The summed E-state index contributed by atoms with van der Waals surface area (Å²) in [6.07, 6.45) is -6.91. The summed E-state index contributed by atoms with van der Waals surface area (Å²) in [4.78, 5) is 11.5. The first-order valence-corrected chi connectivity index (χ1v) is 6.35. The number of carbonyl (C=O) groups is 1. The molecule has 1 saturated carbocycles. The molecule has 2 unspecified atom stereocenters. The van der Waals surface area contributed by atoms with Gasteiger partial charge >= 0.3 is 12.1 Å². The molecule has 1 aliphatic rings. The lowest BCUT2D eigenvalue weighted by Crippen LogP contribution is -2.60. The Balaban J connectivity index is 2.96. The molecular weight excluding hydrogens is 337 g/mol. The molecule has 19 heavy (non-hydrogen) atoms. The van der Waals surface area contributed by atoms with Crippen LogP contribution in [0.5, 0.6) is 0 Å². The van der Waals surface area contributed by atoms with Gasteiger partial charge in [0.05, 0.1) is 5.38 Å². The van der Waals surface area contributed by atoms with Crippen LogP contribution in [0.4, 0.5) is 22.0 Å². The van der Waals surface area contributed by atoms with Gasteiger partial charge in [-0.05, 0) is 11.8 Å². The molecular formula is C10H10Cl3F5O. The van der Waals surface area contributed by atoms with Crippen LogP contribution in [0.1, 0.15) is 20.3 Å². The van der Waals surface area contributed by atoms with Gasteiger partial charge in [0.1, 0.15) is 0 Å². The second-order valence-electron chi connectivity index (χ2n) is 5.12. The van der Waals surface area contributed by atoms with Crippen molar-refractivity contribution in [1.82, 2.24) is 0 Å². The first-order chi connectivity index (χ1) is 8.16. The van der Waals surface area contributed by atoms with Crippen LogP contribution < -0.4 is 0 Å². The molecule has 9 heteroatoms. The fourth-order valence-corrected chi connectivity index (χ4v) is 2.77. The van der Waals surface area contributed by atoms with E-state index in [1.807, 2.05) is 0 Å². The quantitative estimate of drug-likeness (QED) is 0.539. The monoisotopic (exact) mass is 346 g/mol. The molecule has 0 bridgehead atoms. The second-order valence-corrected chi connectivity index (χ2v) is 7.04. The molecule has 0 aliphatic heterocycles. The predicted octanol–water partition coefficient (Wildman–Crippen LogP) is 4.58. The standard InChI is InChI=1S/C10H10Cl3F5O/c1-7(2)4(5(19)6(7)11)3-8(12,13)9(14,15)10(16,17)18/h4,6H,3H2,1-2H3. The third-order valence-electron chi connectivity index (χ3n) is 3.42. The normalized spacial score (nSPS) is 28.2. The average molecular weight is 348 g/mol. The number of ketones is 1. The Bertz CT molecular complexity index is 391. The molecule has 1 rings (SSSR count). The number of carbonyl (C=O) groups excluding carboxylic acids is 1. The molecule has 0 N–H and O–H groups in total. The molecule has 0 saturated heterocycles. The van der Waals surface area contributed by atoms with Crippen LogP contribution in [-0.4, -0.2) is 27.6 Å². The molecule has 0 aromatic rings. The van der Waals surface area contributed by atoms with E-state index in [9.17, 15) is 26.7 Å². The third kappa shape index (κ3) is 2.56. The second kappa shape index (κ2) is 4.60. The van der Waals surface area contributed by atoms with Crippen LogP contribution in [0.3, 0.4) is 0 Å². The maximum atomic E-state index is 13.2. The van der Waals surface area contributed by atoms with Gasteiger partial charge in [-0.15, -0.1) is 11.6 Å². The summed E-state index contributed by atoms with van der Waals surface area (Å²) in [5.74, 6) is -7.09. The van der Waals surface area contributed by atoms with Gasteiger partial charge in [0.25, 0.3) is 0 Å². The Labute approximate surface area is 121 Å². The first kappa shape index (κ1) is 17.2. The van der Waals surface area contributed by atoms with Crippen LogP contribution >= 0.6 is 34.8 Å². The Hall–Kier alpha value is 0.190. The fraction of sp³-hybridized carbons (Fsp3) is 0.900. The minimum atomic E-state index is -5.90. The third-order valence-corrected chi connectivity index (χ3v) is 4.98. The summed E-state index contributed by atoms with van der Waals surface area (Å²) in [5.41, 5.74) is -0.935. The van der Waals surface area contributed by atoms with Crippen LogP contribution in [0, 0.1) is 11.3 Å². The molecule has 1 nitrogen and oxygen atoms in total. The maximum Gasteiger partial charge on any atom is 0.456 e. The van der Waals surface area contributed by atoms with Crippen molar-refractivity contribution < 1.29 is 26.7 Å². The highest BCUT2D eigenvalue weighted by molar-refractivity contribution is 6.49. The number of rotatable bonds is 3. The molecule has 2 atom stereocenters. The van der Waals surface area contributed by atoms with E-state index in [0.717, 1.165) is 0 Å². The molecule has 0 aromatic heterocycles. The first-order valence-electron chi connectivity index (χ1n) is 5.16.